The Hall–Kier alpha value is -0.860. The number of aliphatic hydroxyl groups excluding tert-OH is 1. The molecule has 2 rings (SSSR count). The zero-order chi connectivity index (χ0) is 11.5. The average Bonchev–Trinajstić information content (AvgIpc) is 3.08. The van der Waals surface area contributed by atoms with Gasteiger partial charge in [0.25, 0.3) is 0 Å². The summed E-state index contributed by atoms with van der Waals surface area (Å²) in [7, 11) is 0. The van der Waals surface area contributed by atoms with Gasteiger partial charge in [-0.25, -0.2) is 0 Å². The van der Waals surface area contributed by atoms with Crippen LogP contribution >= 0.6 is 0 Å². The van der Waals surface area contributed by atoms with Crippen LogP contribution in [0.1, 0.15) is 35.6 Å². The van der Waals surface area contributed by atoms with Gasteiger partial charge >= 0.3 is 0 Å². The summed E-state index contributed by atoms with van der Waals surface area (Å²) < 4.78 is 0. The van der Waals surface area contributed by atoms with Gasteiger partial charge in [-0.1, -0.05) is 18.2 Å². The predicted octanol–water partition coefficient (Wildman–Crippen LogP) is 2.34. The van der Waals surface area contributed by atoms with Crippen LogP contribution in [0.5, 0.6) is 0 Å². The summed E-state index contributed by atoms with van der Waals surface area (Å²) >= 11 is 0. The molecule has 0 aliphatic heterocycles. The minimum atomic E-state index is 0.0971. The molecular formula is C14H21NO. The summed E-state index contributed by atoms with van der Waals surface area (Å²) in [5, 5.41) is 12.9. The number of hydrogen-bond acceptors (Lipinski definition) is 2. The third-order valence-electron chi connectivity index (χ3n) is 3.47. The molecule has 1 unspecified atom stereocenters. The van der Waals surface area contributed by atoms with E-state index in [9.17, 15) is 5.11 Å². The molecule has 0 amide bonds. The molecule has 1 aromatic rings. The van der Waals surface area contributed by atoms with E-state index in [0.717, 1.165) is 12.5 Å². The Bertz CT molecular complexity index is 358. The van der Waals surface area contributed by atoms with Crippen LogP contribution in [0, 0.1) is 19.8 Å². The first-order chi connectivity index (χ1) is 7.70. The Balaban J connectivity index is 2.02. The van der Waals surface area contributed by atoms with Crippen molar-refractivity contribution < 1.29 is 5.11 Å². The van der Waals surface area contributed by atoms with Crippen LogP contribution in [0.4, 0.5) is 0 Å². The zero-order valence-corrected chi connectivity index (χ0v) is 10.2. The fourth-order valence-electron chi connectivity index (χ4n) is 1.90. The van der Waals surface area contributed by atoms with Crippen LogP contribution in [0.15, 0.2) is 18.2 Å². The number of rotatable bonds is 5. The van der Waals surface area contributed by atoms with Gasteiger partial charge in [0.1, 0.15) is 0 Å². The van der Waals surface area contributed by atoms with E-state index < -0.39 is 0 Å². The van der Waals surface area contributed by atoms with E-state index in [2.05, 4.69) is 37.4 Å². The lowest BCUT2D eigenvalue weighted by atomic mass is 10.0. The Kier molecular flexibility index (Phi) is 3.62. The first-order valence-electron chi connectivity index (χ1n) is 6.12. The Labute approximate surface area is 97.7 Å². The highest BCUT2D eigenvalue weighted by molar-refractivity contribution is 5.31. The Morgan fingerprint density at radius 3 is 2.62 bits per heavy atom. The fourth-order valence-corrected chi connectivity index (χ4v) is 1.90. The van der Waals surface area contributed by atoms with E-state index in [1.807, 2.05) is 0 Å². The highest BCUT2D eigenvalue weighted by Gasteiger charge is 2.22. The van der Waals surface area contributed by atoms with Gasteiger partial charge in [0.05, 0.1) is 12.6 Å². The molecule has 2 nitrogen and oxygen atoms in total. The van der Waals surface area contributed by atoms with Gasteiger partial charge in [0, 0.05) is 0 Å². The van der Waals surface area contributed by atoms with Crippen LogP contribution in [0.25, 0.3) is 0 Å². The van der Waals surface area contributed by atoms with E-state index in [1.165, 1.54) is 29.5 Å². The molecule has 0 saturated heterocycles. The second-order valence-corrected chi connectivity index (χ2v) is 4.93. The van der Waals surface area contributed by atoms with Crippen molar-refractivity contribution in [3.63, 3.8) is 0 Å². The molecule has 1 aliphatic rings. The first kappa shape index (κ1) is 11.6. The summed E-state index contributed by atoms with van der Waals surface area (Å²) in [5.74, 6) is 0.848. The summed E-state index contributed by atoms with van der Waals surface area (Å²) in [6.07, 6.45) is 2.69. The molecular weight excluding hydrogens is 198 g/mol. The van der Waals surface area contributed by atoms with E-state index in [4.69, 9.17) is 0 Å². The highest BCUT2D eigenvalue weighted by atomic mass is 16.3. The van der Waals surface area contributed by atoms with Gasteiger partial charge in [-0.3, -0.25) is 0 Å². The van der Waals surface area contributed by atoms with Crippen molar-refractivity contribution in [3.8, 4) is 0 Å². The minimum Gasteiger partial charge on any atom is -0.394 e. The number of nitrogens with one attached hydrogen (secondary N) is 1. The molecule has 1 fully saturated rings. The molecule has 0 aromatic heterocycles. The molecule has 16 heavy (non-hydrogen) atoms. The molecule has 88 valence electrons. The van der Waals surface area contributed by atoms with Crippen LogP contribution in [-0.4, -0.2) is 18.3 Å². The maximum Gasteiger partial charge on any atom is 0.0626 e. The van der Waals surface area contributed by atoms with Gasteiger partial charge in [0.15, 0.2) is 0 Å². The molecule has 1 aliphatic carbocycles. The van der Waals surface area contributed by atoms with Crippen molar-refractivity contribution in [2.75, 3.05) is 13.2 Å². The standard InChI is InChI=1S/C14H21NO/c1-10-3-6-13(7-11(10)2)14(9-16)15-8-12-4-5-12/h3,6-7,12,14-16H,4-5,8-9H2,1-2H3. The smallest absolute Gasteiger partial charge is 0.0626 e. The molecule has 2 heteroatoms. The van der Waals surface area contributed by atoms with Gasteiger partial charge in [-0.05, 0) is 55.8 Å². The van der Waals surface area contributed by atoms with Gasteiger partial charge in [-0.2, -0.15) is 0 Å². The van der Waals surface area contributed by atoms with Gasteiger partial charge in [-0.15, -0.1) is 0 Å². The van der Waals surface area contributed by atoms with Crippen molar-refractivity contribution in [3.05, 3.63) is 34.9 Å². The van der Waals surface area contributed by atoms with Crippen molar-refractivity contribution in [1.29, 1.82) is 0 Å². The van der Waals surface area contributed by atoms with Crippen LogP contribution in [0.2, 0.25) is 0 Å². The SMILES string of the molecule is Cc1ccc(C(CO)NCC2CC2)cc1C. The Morgan fingerprint density at radius 1 is 1.31 bits per heavy atom. The molecule has 0 radical (unpaired) electrons. The molecule has 1 saturated carbocycles. The number of benzene rings is 1. The lowest BCUT2D eigenvalue weighted by molar-refractivity contribution is 0.243. The highest BCUT2D eigenvalue weighted by Crippen LogP contribution is 2.28. The molecule has 1 atom stereocenters. The van der Waals surface area contributed by atoms with Crippen LogP contribution < -0.4 is 5.32 Å². The second kappa shape index (κ2) is 4.98. The van der Waals surface area contributed by atoms with Gasteiger partial charge < -0.3 is 10.4 Å². The normalized spacial score (nSPS) is 17.4. The maximum atomic E-state index is 9.41. The van der Waals surface area contributed by atoms with Crippen molar-refractivity contribution in [2.24, 2.45) is 5.92 Å². The third kappa shape index (κ3) is 2.83. The van der Waals surface area contributed by atoms with E-state index in [1.54, 1.807) is 0 Å². The summed E-state index contributed by atoms with van der Waals surface area (Å²) in [5.41, 5.74) is 3.80. The quantitative estimate of drug-likeness (QED) is 0.796. The Morgan fingerprint density at radius 2 is 2.06 bits per heavy atom. The van der Waals surface area contributed by atoms with Gasteiger partial charge in [0.2, 0.25) is 0 Å². The summed E-state index contributed by atoms with van der Waals surface area (Å²) in [6.45, 7) is 5.45. The number of hydrogen-bond donors (Lipinski definition) is 2. The number of aliphatic hydroxyl groups is 1. The lowest BCUT2D eigenvalue weighted by Gasteiger charge is -2.17. The molecule has 2 N–H and O–H groups in total. The number of aryl methyl sites for hydroxylation is 2. The third-order valence-corrected chi connectivity index (χ3v) is 3.47. The minimum absolute atomic E-state index is 0.0971. The van der Waals surface area contributed by atoms with Crippen molar-refractivity contribution in [2.45, 2.75) is 32.7 Å². The monoisotopic (exact) mass is 219 g/mol. The maximum absolute atomic E-state index is 9.41. The molecule has 0 spiro atoms. The van der Waals surface area contributed by atoms with Crippen molar-refractivity contribution >= 4 is 0 Å². The largest absolute Gasteiger partial charge is 0.394 e. The van der Waals surface area contributed by atoms with E-state index >= 15 is 0 Å². The second-order valence-electron chi connectivity index (χ2n) is 4.93. The molecule has 0 bridgehead atoms. The summed E-state index contributed by atoms with van der Waals surface area (Å²) in [6, 6.07) is 6.52. The van der Waals surface area contributed by atoms with Crippen LogP contribution in [-0.2, 0) is 0 Å². The van der Waals surface area contributed by atoms with E-state index in [-0.39, 0.29) is 12.6 Å². The lowest BCUT2D eigenvalue weighted by Crippen LogP contribution is -2.26. The topological polar surface area (TPSA) is 32.3 Å². The first-order valence-corrected chi connectivity index (χ1v) is 6.12. The molecule has 0 heterocycles. The fraction of sp³-hybridized carbons (Fsp3) is 0.571. The average molecular weight is 219 g/mol. The zero-order valence-electron chi connectivity index (χ0n) is 10.2. The predicted molar refractivity (Wildman–Crippen MR) is 66.5 cm³/mol. The van der Waals surface area contributed by atoms with E-state index in [0.29, 0.717) is 0 Å². The molecule has 1 aromatic carbocycles. The van der Waals surface area contributed by atoms with Crippen molar-refractivity contribution in [1.82, 2.24) is 5.32 Å². The summed E-state index contributed by atoms with van der Waals surface area (Å²) in [4.78, 5) is 0. The van der Waals surface area contributed by atoms with Crippen LogP contribution in [0.3, 0.4) is 0 Å².